The minimum Gasteiger partial charge on any atom is -0.467 e. The second-order valence-corrected chi connectivity index (χ2v) is 3.48. The summed E-state index contributed by atoms with van der Waals surface area (Å²) in [6, 6.07) is 3.64. The predicted octanol–water partition coefficient (Wildman–Crippen LogP) is 1.40. The van der Waals surface area contributed by atoms with Crippen molar-refractivity contribution < 1.29 is 13.9 Å². The minimum atomic E-state index is -0.448. The van der Waals surface area contributed by atoms with Gasteiger partial charge in [-0.1, -0.05) is 5.21 Å². The average molecular weight is 235 g/mol. The summed E-state index contributed by atoms with van der Waals surface area (Å²) >= 11 is 0. The molecular weight excluding hydrogens is 222 g/mol. The van der Waals surface area contributed by atoms with Crippen LogP contribution in [0.5, 0.6) is 0 Å². The molecule has 90 valence electrons. The van der Waals surface area contributed by atoms with Crippen LogP contribution in [-0.2, 0) is 11.3 Å². The zero-order chi connectivity index (χ0) is 12.3. The second-order valence-electron chi connectivity index (χ2n) is 3.48. The molecule has 0 aromatic carbocycles. The topological polar surface area (TPSA) is 70.2 Å². The maximum absolute atomic E-state index is 11.5. The predicted molar refractivity (Wildman–Crippen MR) is 58.5 cm³/mol. The van der Waals surface area contributed by atoms with Gasteiger partial charge in [0.25, 0.3) is 0 Å². The lowest BCUT2D eigenvalue weighted by atomic mass is 10.3. The summed E-state index contributed by atoms with van der Waals surface area (Å²) in [7, 11) is 0. The lowest BCUT2D eigenvalue weighted by molar-refractivity contribution is 0.0518. The molecule has 0 radical (unpaired) electrons. The molecule has 2 aromatic heterocycles. The van der Waals surface area contributed by atoms with Crippen LogP contribution in [-0.4, -0.2) is 27.6 Å². The lowest BCUT2D eigenvalue weighted by Gasteiger charge is -2.01. The fraction of sp³-hybridized carbons (Fsp3) is 0.364. The molecule has 0 saturated heterocycles. The lowest BCUT2D eigenvalue weighted by Crippen LogP contribution is -2.08. The molecule has 2 aromatic rings. The third kappa shape index (κ3) is 2.35. The zero-order valence-corrected chi connectivity index (χ0v) is 9.71. The molecule has 2 heterocycles. The quantitative estimate of drug-likeness (QED) is 0.749. The highest BCUT2D eigenvalue weighted by atomic mass is 16.5. The van der Waals surface area contributed by atoms with E-state index in [-0.39, 0.29) is 5.69 Å². The Kier molecular flexibility index (Phi) is 3.22. The molecule has 0 aliphatic rings. The number of nitrogens with zero attached hydrogens (tertiary/aromatic N) is 3. The molecule has 2 rings (SSSR count). The van der Waals surface area contributed by atoms with Crippen molar-refractivity contribution in [2.45, 2.75) is 20.4 Å². The van der Waals surface area contributed by atoms with Gasteiger partial charge in [-0.15, -0.1) is 5.10 Å². The van der Waals surface area contributed by atoms with E-state index < -0.39 is 5.97 Å². The summed E-state index contributed by atoms with van der Waals surface area (Å²) < 4.78 is 11.7. The molecule has 0 saturated carbocycles. The Morgan fingerprint density at radius 3 is 3.06 bits per heavy atom. The first-order valence-corrected chi connectivity index (χ1v) is 5.32. The first-order chi connectivity index (χ1) is 8.22. The van der Waals surface area contributed by atoms with E-state index in [1.807, 2.05) is 6.07 Å². The number of rotatable bonds is 4. The molecule has 0 amide bonds. The van der Waals surface area contributed by atoms with E-state index >= 15 is 0 Å². The van der Waals surface area contributed by atoms with Crippen LogP contribution in [0.15, 0.2) is 22.8 Å². The highest BCUT2D eigenvalue weighted by Gasteiger charge is 2.17. The molecule has 0 atom stereocenters. The Morgan fingerprint density at radius 1 is 1.59 bits per heavy atom. The van der Waals surface area contributed by atoms with E-state index in [4.69, 9.17) is 9.15 Å². The van der Waals surface area contributed by atoms with Crippen molar-refractivity contribution in [1.82, 2.24) is 15.0 Å². The van der Waals surface area contributed by atoms with E-state index in [1.54, 1.807) is 30.9 Å². The molecule has 0 N–H and O–H groups in total. The van der Waals surface area contributed by atoms with Crippen molar-refractivity contribution in [2.75, 3.05) is 6.61 Å². The number of esters is 1. The first kappa shape index (κ1) is 11.4. The van der Waals surface area contributed by atoms with Gasteiger partial charge in [0.1, 0.15) is 12.3 Å². The Labute approximate surface area is 98.2 Å². The van der Waals surface area contributed by atoms with Gasteiger partial charge in [0, 0.05) is 0 Å². The number of hydrogen-bond donors (Lipinski definition) is 0. The molecule has 0 spiro atoms. The molecule has 0 bridgehead atoms. The van der Waals surface area contributed by atoms with Crippen molar-refractivity contribution in [1.29, 1.82) is 0 Å². The summed E-state index contributed by atoms with van der Waals surface area (Å²) in [6.45, 7) is 4.30. The van der Waals surface area contributed by atoms with Gasteiger partial charge >= 0.3 is 5.97 Å². The average Bonchev–Trinajstić information content (AvgIpc) is 2.91. The Morgan fingerprint density at radius 2 is 2.41 bits per heavy atom. The number of furan rings is 1. The maximum Gasteiger partial charge on any atom is 0.360 e. The van der Waals surface area contributed by atoms with Gasteiger partial charge < -0.3 is 9.15 Å². The summed E-state index contributed by atoms with van der Waals surface area (Å²) in [5.41, 5.74) is 0.915. The fourth-order valence-electron chi connectivity index (χ4n) is 1.45. The monoisotopic (exact) mass is 235 g/mol. The van der Waals surface area contributed by atoms with Gasteiger partial charge in [-0.25, -0.2) is 9.48 Å². The van der Waals surface area contributed by atoms with E-state index in [0.29, 0.717) is 18.8 Å². The van der Waals surface area contributed by atoms with Crippen LogP contribution < -0.4 is 0 Å². The third-order valence-electron chi connectivity index (χ3n) is 2.34. The molecule has 6 heteroatoms. The Hall–Kier alpha value is -2.11. The zero-order valence-electron chi connectivity index (χ0n) is 9.71. The Balaban J connectivity index is 2.18. The minimum absolute atomic E-state index is 0.249. The highest BCUT2D eigenvalue weighted by molar-refractivity contribution is 5.88. The highest BCUT2D eigenvalue weighted by Crippen LogP contribution is 2.09. The normalized spacial score (nSPS) is 10.5. The standard InChI is InChI=1S/C11H13N3O3/c1-3-16-11(15)10-8(2)14(13-12-10)7-9-5-4-6-17-9/h4-6H,3,7H2,1-2H3. The van der Waals surface area contributed by atoms with Crippen molar-refractivity contribution in [3.05, 3.63) is 35.5 Å². The smallest absolute Gasteiger partial charge is 0.360 e. The third-order valence-corrected chi connectivity index (χ3v) is 2.34. The van der Waals surface area contributed by atoms with Crippen LogP contribution in [0.2, 0.25) is 0 Å². The van der Waals surface area contributed by atoms with Crippen LogP contribution >= 0.6 is 0 Å². The number of aromatic nitrogens is 3. The summed E-state index contributed by atoms with van der Waals surface area (Å²) in [6.07, 6.45) is 1.59. The summed E-state index contributed by atoms with van der Waals surface area (Å²) in [5, 5.41) is 7.71. The number of carbonyl (C=O) groups excluding carboxylic acids is 1. The van der Waals surface area contributed by atoms with E-state index in [9.17, 15) is 4.79 Å². The summed E-state index contributed by atoms with van der Waals surface area (Å²) in [4.78, 5) is 11.5. The van der Waals surface area contributed by atoms with Crippen molar-refractivity contribution in [3.8, 4) is 0 Å². The Bertz CT molecular complexity index is 502. The number of carbonyl (C=O) groups is 1. The molecular formula is C11H13N3O3. The molecule has 6 nitrogen and oxygen atoms in total. The van der Waals surface area contributed by atoms with Gasteiger partial charge in [0.15, 0.2) is 5.69 Å². The molecule has 0 fully saturated rings. The first-order valence-electron chi connectivity index (χ1n) is 5.32. The van der Waals surface area contributed by atoms with Crippen LogP contribution in [0.4, 0.5) is 0 Å². The molecule has 0 unspecified atom stereocenters. The fourth-order valence-corrected chi connectivity index (χ4v) is 1.45. The van der Waals surface area contributed by atoms with Gasteiger partial charge in [0.05, 0.1) is 18.6 Å². The largest absolute Gasteiger partial charge is 0.467 e. The van der Waals surface area contributed by atoms with Gasteiger partial charge in [0.2, 0.25) is 0 Å². The van der Waals surface area contributed by atoms with Crippen LogP contribution in [0, 0.1) is 6.92 Å². The maximum atomic E-state index is 11.5. The van der Waals surface area contributed by atoms with Gasteiger partial charge in [-0.2, -0.15) is 0 Å². The van der Waals surface area contributed by atoms with Crippen LogP contribution in [0.3, 0.4) is 0 Å². The molecule has 17 heavy (non-hydrogen) atoms. The SMILES string of the molecule is CCOC(=O)c1nnn(Cc2ccco2)c1C. The van der Waals surface area contributed by atoms with Crippen LogP contribution in [0.25, 0.3) is 0 Å². The van der Waals surface area contributed by atoms with Gasteiger partial charge in [-0.3, -0.25) is 0 Å². The van der Waals surface area contributed by atoms with Gasteiger partial charge in [-0.05, 0) is 26.0 Å². The van der Waals surface area contributed by atoms with Crippen LogP contribution in [0.1, 0.15) is 28.9 Å². The van der Waals surface area contributed by atoms with E-state index in [0.717, 1.165) is 5.76 Å². The number of ether oxygens (including phenoxy) is 1. The number of hydrogen-bond acceptors (Lipinski definition) is 5. The van der Waals surface area contributed by atoms with Crippen molar-refractivity contribution in [2.24, 2.45) is 0 Å². The molecule has 0 aliphatic carbocycles. The summed E-state index contributed by atoms with van der Waals surface area (Å²) in [5.74, 6) is 0.309. The van der Waals surface area contributed by atoms with E-state index in [1.165, 1.54) is 0 Å². The second kappa shape index (κ2) is 4.82. The molecule has 0 aliphatic heterocycles. The van der Waals surface area contributed by atoms with Crippen molar-refractivity contribution >= 4 is 5.97 Å². The van der Waals surface area contributed by atoms with Crippen molar-refractivity contribution in [3.63, 3.8) is 0 Å². The van der Waals surface area contributed by atoms with E-state index in [2.05, 4.69) is 10.3 Å².